The van der Waals surface area contributed by atoms with Crippen molar-refractivity contribution in [3.8, 4) is 10.7 Å². The van der Waals surface area contributed by atoms with Gasteiger partial charge in [-0.25, -0.2) is 0 Å². The molecule has 0 N–H and O–H groups in total. The number of amides is 1. The van der Waals surface area contributed by atoms with Gasteiger partial charge in [0.25, 0.3) is 0 Å². The normalized spacial score (nSPS) is 10.6. The molecule has 112 valence electrons. The first-order valence-electron chi connectivity index (χ1n) is 6.88. The van der Waals surface area contributed by atoms with Gasteiger partial charge in [-0.15, -0.1) is 11.3 Å². The van der Waals surface area contributed by atoms with Crippen LogP contribution in [0.5, 0.6) is 0 Å². The third-order valence-corrected chi connectivity index (χ3v) is 3.82. The zero-order valence-corrected chi connectivity index (χ0v) is 13.2. The quantitative estimate of drug-likeness (QED) is 0.737. The summed E-state index contributed by atoms with van der Waals surface area (Å²) in [7, 11) is 0. The van der Waals surface area contributed by atoms with Crippen molar-refractivity contribution in [3.05, 3.63) is 35.6 Å². The van der Waals surface area contributed by atoms with E-state index in [2.05, 4.69) is 16.7 Å². The second-order valence-electron chi connectivity index (χ2n) is 4.85. The zero-order valence-electron chi connectivity index (χ0n) is 12.3. The summed E-state index contributed by atoms with van der Waals surface area (Å²) in [6.07, 6.45) is 0.830. The van der Waals surface area contributed by atoms with Crippen LogP contribution < -0.4 is 0 Å². The van der Waals surface area contributed by atoms with E-state index in [0.717, 1.165) is 10.5 Å². The lowest BCUT2D eigenvalue weighted by Gasteiger charge is -2.20. The molecular weight excluding hydrogens is 286 g/mol. The van der Waals surface area contributed by atoms with Gasteiger partial charge in [0.15, 0.2) is 0 Å². The maximum absolute atomic E-state index is 12.1. The Labute approximate surface area is 128 Å². The number of likely N-dealkylation sites (N-methyl/N-ethyl adjacent to an activating group) is 1. The van der Waals surface area contributed by atoms with Crippen LogP contribution in [0.4, 0.5) is 0 Å². The Bertz CT molecular complexity index is 604. The summed E-state index contributed by atoms with van der Waals surface area (Å²) < 4.78 is 5.19. The van der Waals surface area contributed by atoms with E-state index >= 15 is 0 Å². The smallest absolute Gasteiger partial charge is 0.227 e. The molecular formula is C15H19N3O2S. The topological polar surface area (TPSA) is 59.2 Å². The summed E-state index contributed by atoms with van der Waals surface area (Å²) in [4.78, 5) is 19.2. The first-order valence-corrected chi connectivity index (χ1v) is 7.76. The fourth-order valence-corrected chi connectivity index (χ4v) is 2.59. The molecule has 21 heavy (non-hydrogen) atoms. The van der Waals surface area contributed by atoms with Gasteiger partial charge in [-0.3, -0.25) is 4.79 Å². The maximum atomic E-state index is 12.1. The highest BCUT2D eigenvalue weighted by Gasteiger charge is 2.15. The molecule has 0 saturated heterocycles. The molecule has 1 amide bonds. The Kier molecular flexibility index (Phi) is 5.27. The summed E-state index contributed by atoms with van der Waals surface area (Å²) >= 11 is 1.56. The van der Waals surface area contributed by atoms with Gasteiger partial charge in [-0.05, 0) is 25.3 Å². The zero-order chi connectivity index (χ0) is 15.2. The van der Waals surface area contributed by atoms with E-state index in [-0.39, 0.29) is 5.91 Å². The van der Waals surface area contributed by atoms with E-state index in [1.165, 1.54) is 0 Å². The molecule has 0 unspecified atom stereocenters. The van der Waals surface area contributed by atoms with Gasteiger partial charge in [0.05, 0.1) is 4.88 Å². The average Bonchev–Trinajstić information content (AvgIpc) is 3.12. The van der Waals surface area contributed by atoms with Gasteiger partial charge in [-0.2, -0.15) is 4.98 Å². The van der Waals surface area contributed by atoms with Crippen LogP contribution in [-0.2, 0) is 11.2 Å². The van der Waals surface area contributed by atoms with E-state index in [4.69, 9.17) is 4.52 Å². The van der Waals surface area contributed by atoms with Crippen molar-refractivity contribution in [2.75, 3.05) is 13.1 Å². The van der Waals surface area contributed by atoms with Gasteiger partial charge in [0, 0.05) is 25.9 Å². The Balaban J connectivity index is 1.91. The number of hydrogen-bond acceptors (Lipinski definition) is 5. The third kappa shape index (κ3) is 4.26. The molecule has 2 aromatic rings. The number of rotatable bonds is 7. The van der Waals surface area contributed by atoms with Crippen molar-refractivity contribution >= 4 is 17.2 Å². The molecule has 0 aliphatic carbocycles. The van der Waals surface area contributed by atoms with Crippen LogP contribution in [0.3, 0.4) is 0 Å². The van der Waals surface area contributed by atoms with Crippen LogP contribution in [0.2, 0.25) is 0 Å². The van der Waals surface area contributed by atoms with Gasteiger partial charge < -0.3 is 9.42 Å². The molecule has 2 heterocycles. The largest absolute Gasteiger partial charge is 0.339 e. The first-order chi connectivity index (χ1) is 10.1. The van der Waals surface area contributed by atoms with E-state index in [0.29, 0.717) is 37.6 Å². The molecule has 2 rings (SSSR count). The number of carbonyl (C=O) groups excluding carboxylic acids is 1. The molecule has 0 aromatic carbocycles. The highest BCUT2D eigenvalue weighted by atomic mass is 32.1. The summed E-state index contributed by atoms with van der Waals surface area (Å²) in [5, 5.41) is 5.90. The lowest BCUT2D eigenvalue weighted by Crippen LogP contribution is -2.32. The minimum absolute atomic E-state index is 0.0800. The minimum atomic E-state index is 0.0800. The molecule has 6 heteroatoms. The Hall–Kier alpha value is -1.95. The van der Waals surface area contributed by atoms with Crippen LogP contribution in [0, 0.1) is 0 Å². The number of aromatic nitrogens is 2. The average molecular weight is 305 g/mol. The lowest BCUT2D eigenvalue weighted by molar-refractivity contribution is -0.130. The Morgan fingerprint density at radius 3 is 2.95 bits per heavy atom. The van der Waals surface area contributed by atoms with Gasteiger partial charge in [0.1, 0.15) is 0 Å². The van der Waals surface area contributed by atoms with Crippen molar-refractivity contribution < 1.29 is 9.32 Å². The number of aryl methyl sites for hydroxylation is 1. The van der Waals surface area contributed by atoms with E-state index < -0.39 is 0 Å². The van der Waals surface area contributed by atoms with Crippen molar-refractivity contribution in [2.45, 2.75) is 26.7 Å². The molecule has 5 nitrogen and oxygen atoms in total. The van der Waals surface area contributed by atoms with Crippen LogP contribution in [-0.4, -0.2) is 34.0 Å². The third-order valence-electron chi connectivity index (χ3n) is 2.96. The number of nitrogens with zero attached hydrogens (tertiary/aromatic N) is 3. The second kappa shape index (κ2) is 7.17. The standard InChI is InChI=1S/C15H19N3O2S/c1-4-18(10-11(2)3)14(19)8-7-13-16-15(17-20-13)12-6-5-9-21-12/h5-6,9H,2,4,7-8,10H2,1,3H3. The second-order valence-corrected chi connectivity index (χ2v) is 5.80. The molecule has 0 saturated carbocycles. The predicted octanol–water partition coefficient (Wildman–Crippen LogP) is 3.16. The summed E-state index contributed by atoms with van der Waals surface area (Å²) in [5.74, 6) is 1.16. The highest BCUT2D eigenvalue weighted by Crippen LogP contribution is 2.21. The fraction of sp³-hybridized carbons (Fsp3) is 0.400. The van der Waals surface area contributed by atoms with Crippen molar-refractivity contribution in [1.29, 1.82) is 0 Å². The van der Waals surface area contributed by atoms with E-state index in [1.807, 2.05) is 31.4 Å². The first kappa shape index (κ1) is 15.4. The number of hydrogen-bond donors (Lipinski definition) is 0. The summed E-state index contributed by atoms with van der Waals surface area (Å²) in [6.45, 7) is 8.99. The summed E-state index contributed by atoms with van der Waals surface area (Å²) in [5.41, 5.74) is 0.975. The monoisotopic (exact) mass is 305 g/mol. The van der Waals surface area contributed by atoms with Crippen LogP contribution in [0.1, 0.15) is 26.2 Å². The molecule has 0 fully saturated rings. The number of carbonyl (C=O) groups is 1. The van der Waals surface area contributed by atoms with Crippen molar-refractivity contribution in [3.63, 3.8) is 0 Å². The number of thiophene rings is 1. The molecule has 0 atom stereocenters. The molecule has 0 aliphatic heterocycles. The lowest BCUT2D eigenvalue weighted by atomic mass is 10.2. The van der Waals surface area contributed by atoms with Crippen LogP contribution in [0.15, 0.2) is 34.2 Å². The van der Waals surface area contributed by atoms with Crippen molar-refractivity contribution in [1.82, 2.24) is 15.0 Å². The Morgan fingerprint density at radius 2 is 2.33 bits per heavy atom. The van der Waals surface area contributed by atoms with Crippen molar-refractivity contribution in [2.24, 2.45) is 0 Å². The Morgan fingerprint density at radius 1 is 1.52 bits per heavy atom. The van der Waals surface area contributed by atoms with Gasteiger partial charge >= 0.3 is 0 Å². The van der Waals surface area contributed by atoms with E-state index in [9.17, 15) is 4.79 Å². The maximum Gasteiger partial charge on any atom is 0.227 e. The molecule has 0 radical (unpaired) electrons. The minimum Gasteiger partial charge on any atom is -0.339 e. The SMILES string of the molecule is C=C(C)CN(CC)C(=O)CCc1nc(-c2cccs2)no1. The fourth-order valence-electron chi connectivity index (χ4n) is 1.94. The molecule has 0 aliphatic rings. The molecule has 2 aromatic heterocycles. The predicted molar refractivity (Wildman–Crippen MR) is 83.0 cm³/mol. The summed E-state index contributed by atoms with van der Waals surface area (Å²) in [6, 6.07) is 3.88. The highest BCUT2D eigenvalue weighted by molar-refractivity contribution is 7.13. The molecule has 0 spiro atoms. The molecule has 0 bridgehead atoms. The van der Waals surface area contributed by atoms with E-state index in [1.54, 1.807) is 16.2 Å². The van der Waals surface area contributed by atoms with Gasteiger partial charge in [0.2, 0.25) is 17.6 Å². The van der Waals surface area contributed by atoms with Crippen LogP contribution in [0.25, 0.3) is 10.7 Å². The van der Waals surface area contributed by atoms with Gasteiger partial charge in [-0.1, -0.05) is 23.4 Å². The van der Waals surface area contributed by atoms with Crippen LogP contribution >= 0.6 is 11.3 Å².